The van der Waals surface area contributed by atoms with Gasteiger partial charge in [-0.15, -0.1) is 11.3 Å². The average molecular weight is 268 g/mol. The largest absolute Gasteiger partial charge is 0.480 e. The van der Waals surface area contributed by atoms with E-state index in [2.05, 4.69) is 22.2 Å². The van der Waals surface area contributed by atoms with Crippen molar-refractivity contribution in [2.75, 3.05) is 6.54 Å². The molecule has 1 N–H and O–H groups in total. The molecular weight excluding hydrogens is 248 g/mol. The van der Waals surface area contributed by atoms with Crippen molar-refractivity contribution in [1.82, 2.24) is 9.88 Å². The number of rotatable bonds is 4. The molecule has 0 spiro atoms. The van der Waals surface area contributed by atoms with Gasteiger partial charge in [-0.1, -0.05) is 13.8 Å². The molecule has 18 heavy (non-hydrogen) atoms. The SMILES string of the molecule is CCc1nc(CN2CCCC(C)C2C(=O)O)cs1. The number of nitrogens with zero attached hydrogens (tertiary/aromatic N) is 2. The highest BCUT2D eigenvalue weighted by Gasteiger charge is 2.34. The summed E-state index contributed by atoms with van der Waals surface area (Å²) in [6, 6.07) is -0.356. The molecule has 1 fully saturated rings. The number of hydrogen-bond donors (Lipinski definition) is 1. The van der Waals surface area contributed by atoms with Crippen molar-refractivity contribution in [2.45, 2.75) is 45.7 Å². The van der Waals surface area contributed by atoms with Crippen LogP contribution in [0, 0.1) is 5.92 Å². The number of likely N-dealkylation sites (tertiary alicyclic amines) is 1. The molecule has 0 radical (unpaired) electrons. The third-order valence-corrected chi connectivity index (χ3v) is 4.60. The second-order valence-electron chi connectivity index (χ2n) is 4.96. The molecule has 1 saturated heterocycles. The van der Waals surface area contributed by atoms with E-state index in [-0.39, 0.29) is 12.0 Å². The number of aromatic nitrogens is 1. The molecule has 1 aromatic rings. The molecule has 5 heteroatoms. The van der Waals surface area contributed by atoms with E-state index in [1.54, 1.807) is 11.3 Å². The Morgan fingerprint density at radius 1 is 1.67 bits per heavy atom. The smallest absolute Gasteiger partial charge is 0.321 e. The van der Waals surface area contributed by atoms with Gasteiger partial charge in [-0.3, -0.25) is 9.69 Å². The number of carboxylic acids is 1. The fraction of sp³-hybridized carbons (Fsp3) is 0.692. The average Bonchev–Trinajstić information content (AvgIpc) is 2.76. The van der Waals surface area contributed by atoms with E-state index in [1.807, 2.05) is 6.92 Å². The van der Waals surface area contributed by atoms with Gasteiger partial charge in [0.15, 0.2) is 0 Å². The monoisotopic (exact) mass is 268 g/mol. The van der Waals surface area contributed by atoms with Gasteiger partial charge in [0.1, 0.15) is 6.04 Å². The maximum Gasteiger partial charge on any atom is 0.321 e. The second kappa shape index (κ2) is 5.80. The van der Waals surface area contributed by atoms with E-state index in [9.17, 15) is 9.90 Å². The van der Waals surface area contributed by atoms with Crippen molar-refractivity contribution in [1.29, 1.82) is 0 Å². The maximum atomic E-state index is 11.4. The number of aryl methyl sites for hydroxylation is 1. The molecule has 0 aliphatic carbocycles. The Morgan fingerprint density at radius 2 is 2.44 bits per heavy atom. The van der Waals surface area contributed by atoms with Crippen LogP contribution >= 0.6 is 11.3 Å². The number of thiazole rings is 1. The Balaban J connectivity index is 2.08. The minimum atomic E-state index is -0.701. The zero-order chi connectivity index (χ0) is 13.1. The third kappa shape index (κ3) is 2.90. The third-order valence-electron chi connectivity index (χ3n) is 3.56. The lowest BCUT2D eigenvalue weighted by Crippen LogP contribution is -2.48. The predicted octanol–water partition coefficient (Wildman–Crippen LogP) is 2.39. The molecule has 0 saturated carbocycles. The summed E-state index contributed by atoms with van der Waals surface area (Å²) in [6.07, 6.45) is 3.03. The van der Waals surface area contributed by atoms with E-state index in [0.717, 1.165) is 36.5 Å². The highest BCUT2D eigenvalue weighted by molar-refractivity contribution is 7.09. The Kier molecular flexibility index (Phi) is 4.35. The molecule has 1 aliphatic heterocycles. The lowest BCUT2D eigenvalue weighted by molar-refractivity contribution is -0.147. The van der Waals surface area contributed by atoms with E-state index >= 15 is 0 Å². The maximum absolute atomic E-state index is 11.4. The highest BCUT2D eigenvalue weighted by Crippen LogP contribution is 2.25. The first-order chi connectivity index (χ1) is 8.61. The molecule has 100 valence electrons. The lowest BCUT2D eigenvalue weighted by Gasteiger charge is -2.36. The van der Waals surface area contributed by atoms with Crippen LogP contribution in [-0.2, 0) is 17.8 Å². The van der Waals surface area contributed by atoms with Crippen molar-refractivity contribution in [3.63, 3.8) is 0 Å². The number of carboxylic acid groups (broad SMARTS) is 1. The van der Waals surface area contributed by atoms with Crippen LogP contribution in [0.5, 0.6) is 0 Å². The fourth-order valence-corrected chi connectivity index (χ4v) is 3.38. The summed E-state index contributed by atoms with van der Waals surface area (Å²) in [6.45, 7) is 5.65. The normalized spacial score (nSPS) is 25.2. The molecule has 1 aromatic heterocycles. The zero-order valence-corrected chi connectivity index (χ0v) is 11.7. The molecule has 0 aromatic carbocycles. The van der Waals surface area contributed by atoms with Gasteiger partial charge in [-0.25, -0.2) is 4.98 Å². The quantitative estimate of drug-likeness (QED) is 0.911. The van der Waals surface area contributed by atoms with Crippen LogP contribution in [0.3, 0.4) is 0 Å². The van der Waals surface area contributed by atoms with Gasteiger partial charge >= 0.3 is 5.97 Å². The van der Waals surface area contributed by atoms with Crippen LogP contribution in [0.15, 0.2) is 5.38 Å². The Labute approximate surface area is 112 Å². The van der Waals surface area contributed by atoms with Crippen LogP contribution in [-0.4, -0.2) is 33.5 Å². The summed E-state index contributed by atoms with van der Waals surface area (Å²) >= 11 is 1.66. The summed E-state index contributed by atoms with van der Waals surface area (Å²) in [7, 11) is 0. The summed E-state index contributed by atoms with van der Waals surface area (Å²) in [5.41, 5.74) is 1.01. The predicted molar refractivity (Wildman–Crippen MR) is 71.7 cm³/mol. The first-order valence-electron chi connectivity index (χ1n) is 6.52. The first-order valence-corrected chi connectivity index (χ1v) is 7.40. The van der Waals surface area contributed by atoms with Gasteiger partial charge in [-0.05, 0) is 31.7 Å². The minimum absolute atomic E-state index is 0.223. The topological polar surface area (TPSA) is 53.4 Å². The number of hydrogen-bond acceptors (Lipinski definition) is 4. The van der Waals surface area contributed by atoms with Crippen molar-refractivity contribution < 1.29 is 9.90 Å². The van der Waals surface area contributed by atoms with Gasteiger partial charge in [0.2, 0.25) is 0 Å². The van der Waals surface area contributed by atoms with Gasteiger partial charge in [0, 0.05) is 11.9 Å². The lowest BCUT2D eigenvalue weighted by atomic mass is 9.91. The number of carbonyl (C=O) groups is 1. The molecule has 0 bridgehead atoms. The Bertz CT molecular complexity index is 419. The van der Waals surface area contributed by atoms with Crippen molar-refractivity contribution >= 4 is 17.3 Å². The summed E-state index contributed by atoms with van der Waals surface area (Å²) < 4.78 is 0. The standard InChI is InChI=1S/C13H20N2O2S/c1-3-11-14-10(8-18-11)7-15-6-4-5-9(2)12(15)13(16)17/h8-9,12H,3-7H2,1-2H3,(H,16,17). The van der Waals surface area contributed by atoms with Crippen molar-refractivity contribution in [3.05, 3.63) is 16.1 Å². The van der Waals surface area contributed by atoms with Crippen LogP contribution in [0.1, 0.15) is 37.4 Å². The van der Waals surface area contributed by atoms with Gasteiger partial charge in [0.05, 0.1) is 10.7 Å². The van der Waals surface area contributed by atoms with Crippen LogP contribution in [0.2, 0.25) is 0 Å². The van der Waals surface area contributed by atoms with Crippen LogP contribution < -0.4 is 0 Å². The molecule has 2 atom stereocenters. The van der Waals surface area contributed by atoms with Gasteiger partial charge in [-0.2, -0.15) is 0 Å². The molecular formula is C13H20N2O2S. The van der Waals surface area contributed by atoms with E-state index in [4.69, 9.17) is 0 Å². The van der Waals surface area contributed by atoms with E-state index < -0.39 is 5.97 Å². The molecule has 2 rings (SSSR count). The molecule has 0 amide bonds. The zero-order valence-electron chi connectivity index (χ0n) is 10.9. The first kappa shape index (κ1) is 13.5. The van der Waals surface area contributed by atoms with Crippen LogP contribution in [0.4, 0.5) is 0 Å². The molecule has 2 heterocycles. The number of aliphatic carboxylic acids is 1. The van der Waals surface area contributed by atoms with Crippen molar-refractivity contribution in [2.24, 2.45) is 5.92 Å². The van der Waals surface area contributed by atoms with Gasteiger partial charge in [0.25, 0.3) is 0 Å². The van der Waals surface area contributed by atoms with E-state index in [1.165, 1.54) is 0 Å². The molecule has 4 nitrogen and oxygen atoms in total. The highest BCUT2D eigenvalue weighted by atomic mass is 32.1. The van der Waals surface area contributed by atoms with Gasteiger partial charge < -0.3 is 5.11 Å². The van der Waals surface area contributed by atoms with E-state index in [0.29, 0.717) is 6.54 Å². The Morgan fingerprint density at radius 3 is 3.06 bits per heavy atom. The van der Waals surface area contributed by atoms with Crippen LogP contribution in [0.25, 0.3) is 0 Å². The second-order valence-corrected chi connectivity index (χ2v) is 5.90. The van der Waals surface area contributed by atoms with Crippen molar-refractivity contribution in [3.8, 4) is 0 Å². The fourth-order valence-electron chi connectivity index (χ4n) is 2.64. The number of piperidine rings is 1. The molecule has 2 unspecified atom stereocenters. The molecule has 1 aliphatic rings. The summed E-state index contributed by atoms with van der Waals surface area (Å²) in [4.78, 5) is 18.0. The minimum Gasteiger partial charge on any atom is -0.480 e. The Hall–Kier alpha value is -0.940. The summed E-state index contributed by atoms with van der Waals surface area (Å²) in [5, 5.41) is 12.5. The summed E-state index contributed by atoms with van der Waals surface area (Å²) in [5.74, 6) is -0.478.